The average molecular weight is 214 g/mol. The Hall–Kier alpha value is -1.10. The highest BCUT2D eigenvalue weighted by atomic mass is 16.4. The topological polar surface area (TPSA) is 69.6 Å². The molecule has 1 amide bonds. The highest BCUT2D eigenvalue weighted by Crippen LogP contribution is 2.06. The molecule has 0 aliphatic carbocycles. The van der Waals surface area contributed by atoms with Crippen molar-refractivity contribution in [3.8, 4) is 0 Å². The Labute approximate surface area is 89.4 Å². The van der Waals surface area contributed by atoms with Crippen LogP contribution in [0.4, 0.5) is 0 Å². The monoisotopic (exact) mass is 214 g/mol. The molecule has 0 aromatic heterocycles. The zero-order chi connectivity index (χ0) is 11.1. The number of amides is 1. The van der Waals surface area contributed by atoms with Gasteiger partial charge in [-0.25, -0.2) is 0 Å². The number of nitrogens with zero attached hydrogens (tertiary/aromatic N) is 1. The lowest BCUT2D eigenvalue weighted by atomic mass is 10.3. The summed E-state index contributed by atoms with van der Waals surface area (Å²) in [6, 6.07) is 0. The van der Waals surface area contributed by atoms with E-state index in [4.69, 9.17) is 5.11 Å². The molecule has 0 aromatic rings. The minimum Gasteiger partial charge on any atom is -0.481 e. The standard InChI is InChI=1S/C10H18N2O3/c13-9(12-6-1-2-7-12)8-11-5-3-4-10(14)15/h11H,1-8H2,(H,14,15). The van der Waals surface area contributed by atoms with Gasteiger partial charge in [-0.3, -0.25) is 9.59 Å². The Kier molecular flexibility index (Phi) is 5.10. The van der Waals surface area contributed by atoms with Gasteiger partial charge in [-0.2, -0.15) is 0 Å². The lowest BCUT2D eigenvalue weighted by molar-refractivity contribution is -0.137. The molecule has 1 saturated heterocycles. The molecule has 15 heavy (non-hydrogen) atoms. The van der Waals surface area contributed by atoms with Crippen molar-refractivity contribution in [3.63, 3.8) is 0 Å². The van der Waals surface area contributed by atoms with E-state index in [9.17, 15) is 9.59 Å². The van der Waals surface area contributed by atoms with E-state index in [-0.39, 0.29) is 12.3 Å². The van der Waals surface area contributed by atoms with Gasteiger partial charge in [0, 0.05) is 19.5 Å². The van der Waals surface area contributed by atoms with Crippen LogP contribution in [0.25, 0.3) is 0 Å². The fourth-order valence-corrected chi connectivity index (χ4v) is 1.64. The Morgan fingerprint density at radius 1 is 1.27 bits per heavy atom. The van der Waals surface area contributed by atoms with Gasteiger partial charge in [0.05, 0.1) is 6.54 Å². The van der Waals surface area contributed by atoms with E-state index in [0.29, 0.717) is 19.5 Å². The first-order valence-corrected chi connectivity index (χ1v) is 5.40. The van der Waals surface area contributed by atoms with E-state index in [0.717, 1.165) is 25.9 Å². The third kappa shape index (κ3) is 4.78. The van der Waals surface area contributed by atoms with Crippen molar-refractivity contribution >= 4 is 11.9 Å². The van der Waals surface area contributed by atoms with Gasteiger partial charge in [-0.15, -0.1) is 0 Å². The number of carbonyl (C=O) groups excluding carboxylic acids is 1. The molecule has 1 heterocycles. The van der Waals surface area contributed by atoms with Crippen LogP contribution in [0.2, 0.25) is 0 Å². The molecule has 1 fully saturated rings. The third-order valence-electron chi connectivity index (χ3n) is 2.48. The first kappa shape index (κ1) is 12.0. The molecule has 0 aromatic carbocycles. The van der Waals surface area contributed by atoms with Gasteiger partial charge >= 0.3 is 5.97 Å². The van der Waals surface area contributed by atoms with Crippen LogP contribution in [0.5, 0.6) is 0 Å². The molecule has 5 nitrogen and oxygen atoms in total. The molecule has 0 spiro atoms. The van der Waals surface area contributed by atoms with Gasteiger partial charge in [0.15, 0.2) is 0 Å². The van der Waals surface area contributed by atoms with Crippen molar-refractivity contribution in [2.24, 2.45) is 0 Å². The summed E-state index contributed by atoms with van der Waals surface area (Å²) < 4.78 is 0. The molecule has 86 valence electrons. The van der Waals surface area contributed by atoms with E-state index < -0.39 is 5.97 Å². The predicted molar refractivity (Wildman–Crippen MR) is 55.6 cm³/mol. The summed E-state index contributed by atoms with van der Waals surface area (Å²) in [7, 11) is 0. The van der Waals surface area contributed by atoms with Crippen LogP contribution < -0.4 is 5.32 Å². The third-order valence-corrected chi connectivity index (χ3v) is 2.48. The Morgan fingerprint density at radius 3 is 2.53 bits per heavy atom. The first-order valence-electron chi connectivity index (χ1n) is 5.40. The molecule has 2 N–H and O–H groups in total. The number of hydrogen-bond acceptors (Lipinski definition) is 3. The fourth-order valence-electron chi connectivity index (χ4n) is 1.64. The summed E-state index contributed by atoms with van der Waals surface area (Å²) in [5.41, 5.74) is 0. The predicted octanol–water partition coefficient (Wildman–Crippen LogP) is 0.0632. The number of carboxylic acid groups (broad SMARTS) is 1. The van der Waals surface area contributed by atoms with E-state index in [1.165, 1.54) is 0 Å². The molecule has 1 aliphatic rings. The zero-order valence-corrected chi connectivity index (χ0v) is 8.87. The number of rotatable bonds is 6. The minimum atomic E-state index is -0.789. The number of carbonyl (C=O) groups is 2. The summed E-state index contributed by atoms with van der Waals surface area (Å²) >= 11 is 0. The van der Waals surface area contributed by atoms with Crippen molar-refractivity contribution in [1.82, 2.24) is 10.2 Å². The Morgan fingerprint density at radius 2 is 1.93 bits per heavy atom. The van der Waals surface area contributed by atoms with Gasteiger partial charge in [-0.1, -0.05) is 0 Å². The van der Waals surface area contributed by atoms with E-state index in [1.54, 1.807) is 0 Å². The number of likely N-dealkylation sites (tertiary alicyclic amines) is 1. The van der Waals surface area contributed by atoms with Crippen molar-refractivity contribution in [1.29, 1.82) is 0 Å². The van der Waals surface area contributed by atoms with Crippen molar-refractivity contribution in [3.05, 3.63) is 0 Å². The summed E-state index contributed by atoms with van der Waals surface area (Å²) in [6.45, 7) is 2.66. The fraction of sp³-hybridized carbons (Fsp3) is 0.800. The second kappa shape index (κ2) is 6.40. The van der Waals surface area contributed by atoms with Crippen LogP contribution in [-0.4, -0.2) is 48.1 Å². The second-order valence-electron chi connectivity index (χ2n) is 3.76. The lowest BCUT2D eigenvalue weighted by Gasteiger charge is -2.15. The Bertz CT molecular complexity index is 225. The van der Waals surface area contributed by atoms with E-state index in [2.05, 4.69) is 5.32 Å². The summed E-state index contributed by atoms with van der Waals surface area (Å²) in [5.74, 6) is -0.662. The molecule has 0 saturated carbocycles. The normalized spacial score (nSPS) is 15.6. The molecule has 0 bridgehead atoms. The van der Waals surface area contributed by atoms with Crippen molar-refractivity contribution in [2.75, 3.05) is 26.2 Å². The number of hydrogen-bond donors (Lipinski definition) is 2. The van der Waals surface area contributed by atoms with Crippen LogP contribution in [0.1, 0.15) is 25.7 Å². The Balaban J connectivity index is 1.99. The maximum atomic E-state index is 11.5. The van der Waals surface area contributed by atoms with E-state index >= 15 is 0 Å². The lowest BCUT2D eigenvalue weighted by Crippen LogP contribution is -2.36. The number of aliphatic carboxylic acids is 1. The van der Waals surface area contributed by atoms with Crippen molar-refractivity contribution < 1.29 is 14.7 Å². The number of carboxylic acids is 1. The highest BCUT2D eigenvalue weighted by molar-refractivity contribution is 5.78. The molecule has 1 aliphatic heterocycles. The van der Waals surface area contributed by atoms with Gasteiger partial charge in [0.1, 0.15) is 0 Å². The van der Waals surface area contributed by atoms with E-state index in [1.807, 2.05) is 4.90 Å². The maximum absolute atomic E-state index is 11.5. The van der Waals surface area contributed by atoms with Crippen molar-refractivity contribution in [2.45, 2.75) is 25.7 Å². The highest BCUT2D eigenvalue weighted by Gasteiger charge is 2.16. The first-order chi connectivity index (χ1) is 7.20. The van der Waals surface area contributed by atoms with Crippen LogP contribution in [0.3, 0.4) is 0 Å². The summed E-state index contributed by atoms with van der Waals surface area (Å²) in [5, 5.41) is 11.4. The molecule has 0 atom stereocenters. The average Bonchev–Trinajstić information content (AvgIpc) is 2.69. The molecule has 0 radical (unpaired) electrons. The zero-order valence-electron chi connectivity index (χ0n) is 8.87. The van der Waals surface area contributed by atoms with Gasteiger partial charge in [0.25, 0.3) is 0 Å². The molecule has 5 heteroatoms. The quantitative estimate of drug-likeness (QED) is 0.614. The minimum absolute atomic E-state index is 0.128. The van der Waals surface area contributed by atoms with Gasteiger partial charge in [0.2, 0.25) is 5.91 Å². The van der Waals surface area contributed by atoms with Crippen LogP contribution in [0.15, 0.2) is 0 Å². The molecular weight excluding hydrogens is 196 g/mol. The van der Waals surface area contributed by atoms with Crippen LogP contribution >= 0.6 is 0 Å². The smallest absolute Gasteiger partial charge is 0.303 e. The SMILES string of the molecule is O=C(O)CCCNCC(=O)N1CCCC1. The second-order valence-corrected chi connectivity index (χ2v) is 3.76. The van der Waals surface area contributed by atoms with Gasteiger partial charge in [-0.05, 0) is 25.8 Å². The maximum Gasteiger partial charge on any atom is 0.303 e. The van der Waals surface area contributed by atoms with Gasteiger partial charge < -0.3 is 15.3 Å². The molecular formula is C10H18N2O3. The molecule has 1 rings (SSSR count). The van der Waals surface area contributed by atoms with Crippen LogP contribution in [-0.2, 0) is 9.59 Å². The number of nitrogens with one attached hydrogen (secondary N) is 1. The van der Waals surface area contributed by atoms with Crippen LogP contribution in [0, 0.1) is 0 Å². The molecule has 0 unspecified atom stereocenters. The summed E-state index contributed by atoms with van der Waals surface area (Å²) in [4.78, 5) is 23.5. The largest absolute Gasteiger partial charge is 0.481 e. The summed E-state index contributed by atoms with van der Waals surface area (Å²) in [6.07, 6.45) is 2.93.